The summed E-state index contributed by atoms with van der Waals surface area (Å²) in [7, 11) is 4.04. The maximum atomic E-state index is 12.6. The van der Waals surface area contributed by atoms with Gasteiger partial charge in [-0.25, -0.2) is 0 Å². The van der Waals surface area contributed by atoms with Gasteiger partial charge in [0.1, 0.15) is 0 Å². The van der Waals surface area contributed by atoms with E-state index in [-0.39, 0.29) is 36.0 Å². The van der Waals surface area contributed by atoms with Gasteiger partial charge in [-0.3, -0.25) is 20.3 Å². The van der Waals surface area contributed by atoms with Crippen LogP contribution in [0.15, 0.2) is 36.9 Å². The van der Waals surface area contributed by atoms with Gasteiger partial charge in [0.25, 0.3) is 0 Å². The number of hydrogen-bond donors (Lipinski definition) is 2. The van der Waals surface area contributed by atoms with Crippen LogP contribution in [-0.4, -0.2) is 98.2 Å². The molecule has 1 saturated carbocycles. The smallest absolute Gasteiger partial charge is 0.246 e. The molecule has 1 spiro atoms. The number of nitriles is 1. The Hall–Kier alpha value is -2.32. The summed E-state index contributed by atoms with van der Waals surface area (Å²) in [6.07, 6.45) is 9.62. The predicted octanol–water partition coefficient (Wildman–Crippen LogP) is 3.00. The van der Waals surface area contributed by atoms with Gasteiger partial charge in [-0.1, -0.05) is 30.8 Å². The Kier molecular flexibility index (Phi) is 9.01. The van der Waals surface area contributed by atoms with E-state index in [9.17, 15) is 10.1 Å². The number of likely N-dealkylation sites (N-methyl/N-ethyl adjacent to an activating group) is 1. The second kappa shape index (κ2) is 12.7. The predicted molar refractivity (Wildman–Crippen MR) is 161 cm³/mol. The van der Waals surface area contributed by atoms with E-state index < -0.39 is 0 Å². The molecule has 1 amide bonds. The summed E-state index contributed by atoms with van der Waals surface area (Å²) in [4.78, 5) is 19.3. The highest BCUT2D eigenvalue weighted by Crippen LogP contribution is 2.53. The minimum atomic E-state index is -0.239. The van der Waals surface area contributed by atoms with Crippen molar-refractivity contribution in [3.05, 3.63) is 48.0 Å². The first-order valence-corrected chi connectivity index (χ1v) is 15.9. The number of rotatable bonds is 7. The number of benzene rings is 1. The number of likely N-dealkylation sites (tertiary alicyclic amines) is 1. The molecule has 0 aromatic heterocycles. The van der Waals surface area contributed by atoms with E-state index in [4.69, 9.17) is 9.47 Å². The molecule has 4 fully saturated rings. The van der Waals surface area contributed by atoms with Crippen molar-refractivity contribution >= 4 is 5.91 Å². The van der Waals surface area contributed by atoms with Crippen LogP contribution in [0.1, 0.15) is 62.2 Å². The summed E-state index contributed by atoms with van der Waals surface area (Å²) < 4.78 is 12.6. The van der Waals surface area contributed by atoms with Crippen LogP contribution in [0.5, 0.6) is 0 Å². The fourth-order valence-corrected chi connectivity index (χ4v) is 8.71. The number of methoxy groups -OCH3 is 1. The number of ether oxygens (including phenoxy) is 2. The monoisotopic (exact) mass is 576 g/mol. The molecule has 2 aliphatic carbocycles. The number of fused-ring (bicyclic) bond motifs is 2. The molecule has 7 unspecified atom stereocenters. The van der Waals surface area contributed by atoms with Crippen LogP contribution in [0, 0.1) is 22.7 Å². The van der Waals surface area contributed by atoms with E-state index >= 15 is 0 Å². The van der Waals surface area contributed by atoms with Gasteiger partial charge in [0, 0.05) is 44.7 Å². The minimum Gasteiger partial charge on any atom is -0.377 e. The van der Waals surface area contributed by atoms with E-state index in [0.29, 0.717) is 44.1 Å². The number of hydrogen-bond acceptors (Lipinski definition) is 8. The first-order valence-electron chi connectivity index (χ1n) is 15.9. The van der Waals surface area contributed by atoms with Crippen LogP contribution < -0.4 is 10.6 Å². The molecule has 3 saturated heterocycles. The maximum absolute atomic E-state index is 12.6. The normalized spacial score (nSPS) is 37.2. The molecule has 1 aromatic rings. The zero-order chi connectivity index (χ0) is 29.3. The SMILES string of the molecule is C=CC(=O)N1CCN(C2NC(OCC3CCCN3C)NC3C[C@]4(CCC32)Cc2ccccc2C(OC)C4)CC1CC#N. The molecule has 3 heterocycles. The topological polar surface area (TPSA) is 93.1 Å². The number of piperazine rings is 1. The molecule has 228 valence electrons. The van der Waals surface area contributed by atoms with Crippen molar-refractivity contribution < 1.29 is 14.3 Å². The van der Waals surface area contributed by atoms with Crippen molar-refractivity contribution in [3.63, 3.8) is 0 Å². The van der Waals surface area contributed by atoms with E-state index in [1.807, 2.05) is 12.0 Å². The number of nitrogens with zero attached hydrogens (tertiary/aromatic N) is 4. The molecule has 2 N–H and O–H groups in total. The Morgan fingerprint density at radius 3 is 2.81 bits per heavy atom. The molecule has 0 bridgehead atoms. The average molecular weight is 577 g/mol. The number of carbonyl (C=O) groups excluding carboxylic acids is 1. The first kappa shape index (κ1) is 29.7. The third-order valence-electron chi connectivity index (χ3n) is 11.0. The largest absolute Gasteiger partial charge is 0.377 e. The molecular formula is C33H48N6O3. The second-order valence-corrected chi connectivity index (χ2v) is 13.3. The molecule has 1 aromatic carbocycles. The number of carbonyl (C=O) groups is 1. The lowest BCUT2D eigenvalue weighted by atomic mass is 9.59. The lowest BCUT2D eigenvalue weighted by molar-refractivity contribution is -0.138. The van der Waals surface area contributed by atoms with Gasteiger partial charge in [0.2, 0.25) is 5.91 Å². The van der Waals surface area contributed by atoms with Crippen LogP contribution in [0.25, 0.3) is 0 Å². The van der Waals surface area contributed by atoms with Gasteiger partial charge in [-0.15, -0.1) is 0 Å². The summed E-state index contributed by atoms with van der Waals surface area (Å²) in [6, 6.07) is 11.8. The Balaban J connectivity index is 1.22. The Labute approximate surface area is 251 Å². The highest BCUT2D eigenvalue weighted by Gasteiger charge is 2.51. The summed E-state index contributed by atoms with van der Waals surface area (Å²) in [5, 5.41) is 17.3. The summed E-state index contributed by atoms with van der Waals surface area (Å²) in [5.74, 6) is 0.324. The van der Waals surface area contributed by atoms with E-state index in [1.165, 1.54) is 30.0 Å². The molecule has 0 radical (unpaired) electrons. The lowest BCUT2D eigenvalue weighted by Crippen LogP contribution is -2.72. The van der Waals surface area contributed by atoms with Gasteiger partial charge in [0.05, 0.1) is 37.4 Å². The van der Waals surface area contributed by atoms with Crippen LogP contribution in [-0.2, 0) is 20.7 Å². The van der Waals surface area contributed by atoms with Crippen molar-refractivity contribution in [3.8, 4) is 6.07 Å². The molecule has 8 atom stereocenters. The van der Waals surface area contributed by atoms with Crippen LogP contribution in [0.3, 0.4) is 0 Å². The third kappa shape index (κ3) is 5.90. The van der Waals surface area contributed by atoms with Crippen molar-refractivity contribution in [2.24, 2.45) is 11.3 Å². The Morgan fingerprint density at radius 2 is 2.05 bits per heavy atom. The van der Waals surface area contributed by atoms with E-state index in [2.05, 4.69) is 64.4 Å². The molecule has 5 aliphatic rings. The van der Waals surface area contributed by atoms with Gasteiger partial charge >= 0.3 is 0 Å². The average Bonchev–Trinajstić information content (AvgIpc) is 3.43. The van der Waals surface area contributed by atoms with Gasteiger partial charge in [-0.05, 0) is 81.2 Å². The van der Waals surface area contributed by atoms with Crippen molar-refractivity contribution in [1.29, 1.82) is 5.26 Å². The Bertz CT molecular complexity index is 1170. The van der Waals surface area contributed by atoms with Crippen LogP contribution in [0.2, 0.25) is 0 Å². The number of amides is 1. The summed E-state index contributed by atoms with van der Waals surface area (Å²) in [5.41, 5.74) is 2.97. The lowest BCUT2D eigenvalue weighted by Gasteiger charge is -2.56. The van der Waals surface area contributed by atoms with Crippen molar-refractivity contribution in [2.45, 2.75) is 88.1 Å². The Morgan fingerprint density at radius 1 is 1.19 bits per heavy atom. The van der Waals surface area contributed by atoms with E-state index in [1.54, 1.807) is 0 Å². The van der Waals surface area contributed by atoms with Crippen LogP contribution >= 0.6 is 0 Å². The maximum Gasteiger partial charge on any atom is 0.246 e. The highest BCUT2D eigenvalue weighted by molar-refractivity contribution is 5.87. The van der Waals surface area contributed by atoms with Crippen molar-refractivity contribution in [2.75, 3.05) is 46.9 Å². The molecule has 3 aliphatic heterocycles. The van der Waals surface area contributed by atoms with Gasteiger partial charge < -0.3 is 19.3 Å². The summed E-state index contributed by atoms with van der Waals surface area (Å²) in [6.45, 7) is 7.58. The fourth-order valence-electron chi connectivity index (χ4n) is 8.71. The highest BCUT2D eigenvalue weighted by atomic mass is 16.5. The van der Waals surface area contributed by atoms with E-state index in [0.717, 1.165) is 45.2 Å². The fraction of sp³-hybridized carbons (Fsp3) is 0.697. The summed E-state index contributed by atoms with van der Waals surface area (Å²) >= 11 is 0. The second-order valence-electron chi connectivity index (χ2n) is 13.3. The quantitative estimate of drug-likeness (QED) is 0.479. The van der Waals surface area contributed by atoms with Crippen molar-refractivity contribution in [1.82, 2.24) is 25.3 Å². The molecule has 9 heteroatoms. The zero-order valence-corrected chi connectivity index (χ0v) is 25.3. The van der Waals surface area contributed by atoms with Gasteiger partial charge in [0.15, 0.2) is 6.35 Å². The third-order valence-corrected chi connectivity index (χ3v) is 11.0. The van der Waals surface area contributed by atoms with Gasteiger partial charge in [-0.2, -0.15) is 5.26 Å². The number of nitrogens with one attached hydrogen (secondary N) is 2. The zero-order valence-electron chi connectivity index (χ0n) is 25.3. The standard InChI is InChI=1S/C33H48N6O3/c1-4-30(40)39-17-16-38(21-24(39)12-14-34)31-27-11-13-33(18-23-8-5-6-10-26(23)29(20-33)41-3)19-28(27)35-32(36-31)42-22-25-9-7-15-37(25)2/h4-6,8,10,24-25,27-29,31-32,35-36H,1,7,9,11-13,15-22H2,2-3H3/t24?,25?,27?,28?,29?,31?,32?,33-/m0/s1. The van der Waals surface area contributed by atoms with Crippen LogP contribution in [0.4, 0.5) is 0 Å². The molecule has 6 rings (SSSR count). The first-order chi connectivity index (χ1) is 20.4. The molecular weight excluding hydrogens is 528 g/mol. The molecule has 9 nitrogen and oxygen atoms in total. The minimum absolute atomic E-state index is 0.0853. The molecule has 42 heavy (non-hydrogen) atoms.